The van der Waals surface area contributed by atoms with E-state index in [9.17, 15) is 9.90 Å². The Kier molecular flexibility index (Phi) is 3.91. The summed E-state index contributed by atoms with van der Waals surface area (Å²) < 4.78 is 1.86. The predicted molar refractivity (Wildman–Crippen MR) is 110 cm³/mol. The first-order valence-electron chi connectivity index (χ1n) is 9.68. The minimum Gasteiger partial charge on any atom is -0.508 e. The standard InChI is InChI=1S/C23H26N2O2/c1-6-15-16-10-14(26)8-9-19(16)24-21-17(15)12-25-20(21)11-18(13(3)22(25)27)23(4,5)7-2/h8-11,26H,6-7,12H2,1-5H3. The third-order valence-electron chi connectivity index (χ3n) is 6.25. The maximum absolute atomic E-state index is 13.2. The average molecular weight is 362 g/mol. The zero-order valence-electron chi connectivity index (χ0n) is 16.7. The number of rotatable bonds is 3. The average Bonchev–Trinajstić information content (AvgIpc) is 3.01. The van der Waals surface area contributed by atoms with Crippen LogP contribution in [-0.4, -0.2) is 14.7 Å². The second-order valence-electron chi connectivity index (χ2n) is 8.17. The molecule has 0 saturated heterocycles. The molecule has 0 unspecified atom stereocenters. The first-order chi connectivity index (χ1) is 12.8. The first kappa shape index (κ1) is 17.8. The number of hydrogen-bond acceptors (Lipinski definition) is 3. The molecule has 27 heavy (non-hydrogen) atoms. The molecule has 140 valence electrons. The van der Waals surface area contributed by atoms with Gasteiger partial charge in [0, 0.05) is 16.5 Å². The second-order valence-corrected chi connectivity index (χ2v) is 8.17. The topological polar surface area (TPSA) is 55.1 Å². The number of aromatic nitrogens is 2. The summed E-state index contributed by atoms with van der Waals surface area (Å²) in [4.78, 5) is 18.1. The SMILES string of the molecule is CCc1c2c(nc3ccc(O)cc13)-c1cc(C(C)(C)CC)c(C)c(=O)n1C2. The molecule has 0 saturated carbocycles. The van der Waals surface area contributed by atoms with Crippen LogP contribution >= 0.6 is 0 Å². The van der Waals surface area contributed by atoms with Gasteiger partial charge in [-0.15, -0.1) is 0 Å². The zero-order chi connectivity index (χ0) is 19.5. The third-order valence-corrected chi connectivity index (χ3v) is 6.25. The number of aryl methyl sites for hydroxylation is 1. The highest BCUT2D eigenvalue weighted by Gasteiger charge is 2.30. The van der Waals surface area contributed by atoms with E-state index in [-0.39, 0.29) is 16.7 Å². The van der Waals surface area contributed by atoms with Gasteiger partial charge in [-0.05, 0) is 60.6 Å². The Morgan fingerprint density at radius 2 is 1.96 bits per heavy atom. The molecule has 4 rings (SSSR count). The third kappa shape index (κ3) is 2.50. The molecule has 4 nitrogen and oxygen atoms in total. The summed E-state index contributed by atoms with van der Waals surface area (Å²) in [5.41, 5.74) is 6.94. The Hall–Kier alpha value is -2.62. The molecule has 1 N–H and O–H groups in total. The predicted octanol–water partition coefficient (Wildman–Crippen LogP) is 4.69. The van der Waals surface area contributed by atoms with Crippen LogP contribution in [0.1, 0.15) is 56.4 Å². The fraction of sp³-hybridized carbons (Fsp3) is 0.391. The van der Waals surface area contributed by atoms with Crippen molar-refractivity contribution in [1.82, 2.24) is 9.55 Å². The summed E-state index contributed by atoms with van der Waals surface area (Å²) in [7, 11) is 0. The highest BCUT2D eigenvalue weighted by atomic mass is 16.3. The Morgan fingerprint density at radius 1 is 1.22 bits per heavy atom. The van der Waals surface area contributed by atoms with E-state index in [0.717, 1.165) is 51.8 Å². The fourth-order valence-corrected chi connectivity index (χ4v) is 4.30. The van der Waals surface area contributed by atoms with Crippen LogP contribution in [-0.2, 0) is 18.4 Å². The molecule has 1 aromatic carbocycles. The van der Waals surface area contributed by atoms with Crippen molar-refractivity contribution in [1.29, 1.82) is 0 Å². The van der Waals surface area contributed by atoms with Crippen LogP contribution < -0.4 is 5.56 Å². The van der Waals surface area contributed by atoms with E-state index in [4.69, 9.17) is 4.98 Å². The van der Waals surface area contributed by atoms with Crippen molar-refractivity contribution in [3.63, 3.8) is 0 Å². The van der Waals surface area contributed by atoms with Crippen LogP contribution in [0.2, 0.25) is 0 Å². The van der Waals surface area contributed by atoms with Crippen molar-refractivity contribution < 1.29 is 5.11 Å². The largest absolute Gasteiger partial charge is 0.508 e. The van der Waals surface area contributed by atoms with Gasteiger partial charge >= 0.3 is 0 Å². The molecule has 1 aliphatic rings. The summed E-state index contributed by atoms with van der Waals surface area (Å²) >= 11 is 0. The normalized spacial score (nSPS) is 13.1. The number of phenolic OH excluding ortho intramolecular Hbond substituents is 1. The Bertz CT molecular complexity index is 1140. The Morgan fingerprint density at radius 3 is 2.63 bits per heavy atom. The van der Waals surface area contributed by atoms with Crippen molar-refractivity contribution in [3.8, 4) is 17.1 Å². The van der Waals surface area contributed by atoms with Gasteiger partial charge in [-0.3, -0.25) is 4.79 Å². The smallest absolute Gasteiger partial charge is 0.254 e. The van der Waals surface area contributed by atoms with E-state index in [1.54, 1.807) is 12.1 Å². The number of phenols is 1. The number of benzene rings is 1. The quantitative estimate of drug-likeness (QED) is 0.575. The monoisotopic (exact) mass is 362 g/mol. The first-order valence-corrected chi connectivity index (χ1v) is 9.68. The zero-order valence-corrected chi connectivity index (χ0v) is 16.7. The van der Waals surface area contributed by atoms with Crippen molar-refractivity contribution >= 4 is 10.9 Å². The van der Waals surface area contributed by atoms with Gasteiger partial charge in [0.05, 0.1) is 23.4 Å². The van der Waals surface area contributed by atoms with Gasteiger partial charge in [0.25, 0.3) is 5.56 Å². The van der Waals surface area contributed by atoms with Crippen LogP contribution in [0, 0.1) is 6.92 Å². The molecule has 0 spiro atoms. The van der Waals surface area contributed by atoms with Gasteiger partial charge < -0.3 is 9.67 Å². The van der Waals surface area contributed by atoms with Gasteiger partial charge in [-0.1, -0.05) is 27.7 Å². The van der Waals surface area contributed by atoms with Gasteiger partial charge in [-0.25, -0.2) is 4.98 Å². The molecule has 2 aromatic heterocycles. The molecule has 0 atom stereocenters. The molecule has 0 radical (unpaired) electrons. The molecular weight excluding hydrogens is 336 g/mol. The number of aromatic hydroxyl groups is 1. The molecule has 4 heteroatoms. The van der Waals surface area contributed by atoms with Crippen LogP contribution in [0.3, 0.4) is 0 Å². The lowest BCUT2D eigenvalue weighted by molar-refractivity contribution is 0.476. The summed E-state index contributed by atoms with van der Waals surface area (Å²) in [6.45, 7) is 11.1. The number of pyridine rings is 2. The summed E-state index contributed by atoms with van der Waals surface area (Å²) in [6, 6.07) is 7.48. The maximum Gasteiger partial charge on any atom is 0.254 e. The van der Waals surface area contributed by atoms with Gasteiger partial charge in [0.2, 0.25) is 0 Å². The lowest BCUT2D eigenvalue weighted by Gasteiger charge is -2.26. The Labute approximate surface area is 159 Å². The Balaban J connectivity index is 2.07. The lowest BCUT2D eigenvalue weighted by atomic mass is 9.80. The highest BCUT2D eigenvalue weighted by Crippen LogP contribution is 2.39. The molecular formula is C23H26N2O2. The van der Waals surface area contributed by atoms with E-state index in [1.165, 1.54) is 5.56 Å². The van der Waals surface area contributed by atoms with Gasteiger partial charge in [-0.2, -0.15) is 0 Å². The van der Waals surface area contributed by atoms with Crippen molar-refractivity contribution in [3.05, 3.63) is 56.9 Å². The molecule has 3 heterocycles. The maximum atomic E-state index is 13.2. The highest BCUT2D eigenvalue weighted by molar-refractivity contribution is 5.89. The molecule has 3 aromatic rings. The molecule has 1 aliphatic heterocycles. The van der Waals surface area contributed by atoms with Gasteiger partial charge in [0.1, 0.15) is 5.75 Å². The molecule has 0 amide bonds. The molecule has 0 bridgehead atoms. The van der Waals surface area contributed by atoms with Crippen molar-refractivity contribution in [2.24, 2.45) is 0 Å². The van der Waals surface area contributed by atoms with E-state index in [1.807, 2.05) is 17.6 Å². The minimum atomic E-state index is -0.0577. The summed E-state index contributed by atoms with van der Waals surface area (Å²) in [5, 5.41) is 10.9. The summed E-state index contributed by atoms with van der Waals surface area (Å²) in [5.74, 6) is 0.245. The molecule has 0 aliphatic carbocycles. The van der Waals surface area contributed by atoms with Crippen LogP contribution in [0.25, 0.3) is 22.3 Å². The second kappa shape index (κ2) is 5.95. The van der Waals surface area contributed by atoms with Crippen molar-refractivity contribution in [2.45, 2.75) is 59.4 Å². The number of fused-ring (bicyclic) bond motifs is 4. The van der Waals surface area contributed by atoms with Crippen LogP contribution in [0.15, 0.2) is 29.1 Å². The molecule has 0 fully saturated rings. The van der Waals surface area contributed by atoms with E-state index >= 15 is 0 Å². The number of hydrogen-bond donors (Lipinski definition) is 1. The van der Waals surface area contributed by atoms with Crippen LogP contribution in [0.4, 0.5) is 0 Å². The fourth-order valence-electron chi connectivity index (χ4n) is 4.30. The minimum absolute atomic E-state index is 0.0577. The van der Waals surface area contributed by atoms with E-state index in [0.29, 0.717) is 6.54 Å². The van der Waals surface area contributed by atoms with Crippen molar-refractivity contribution in [2.75, 3.05) is 0 Å². The van der Waals surface area contributed by atoms with Gasteiger partial charge in [0.15, 0.2) is 0 Å². The number of nitrogens with zero attached hydrogens (tertiary/aromatic N) is 2. The van der Waals surface area contributed by atoms with Crippen LogP contribution in [0.5, 0.6) is 5.75 Å². The lowest BCUT2D eigenvalue weighted by Crippen LogP contribution is -2.28. The summed E-state index contributed by atoms with van der Waals surface area (Å²) in [6.07, 6.45) is 1.80. The van der Waals surface area contributed by atoms with E-state index < -0.39 is 0 Å². The van der Waals surface area contributed by atoms with E-state index in [2.05, 4.69) is 33.8 Å².